The molecule has 2 heterocycles. The molecule has 1 unspecified atom stereocenters. The van der Waals surface area contributed by atoms with E-state index < -0.39 is 0 Å². The van der Waals surface area contributed by atoms with Crippen LogP contribution in [0, 0.1) is 0 Å². The first-order chi connectivity index (χ1) is 6.36. The Morgan fingerprint density at radius 2 is 2.69 bits per heavy atom. The summed E-state index contributed by atoms with van der Waals surface area (Å²) >= 11 is 0. The lowest BCUT2D eigenvalue weighted by molar-refractivity contribution is 0.00286. The van der Waals surface area contributed by atoms with Crippen LogP contribution in [0.2, 0.25) is 0 Å². The molecule has 2 N–H and O–H groups in total. The average molecular weight is 183 g/mol. The predicted molar refractivity (Wildman–Crippen MR) is 46.9 cm³/mol. The SMILES string of the molecule is Nc1nccn1COC1CCOC1. The maximum absolute atomic E-state index is 5.57. The number of imidazole rings is 1. The van der Waals surface area contributed by atoms with Gasteiger partial charge in [0.15, 0.2) is 0 Å². The maximum atomic E-state index is 5.57. The van der Waals surface area contributed by atoms with Crippen molar-refractivity contribution in [2.75, 3.05) is 18.9 Å². The zero-order valence-corrected chi connectivity index (χ0v) is 7.35. The van der Waals surface area contributed by atoms with Crippen LogP contribution in [0.4, 0.5) is 5.95 Å². The van der Waals surface area contributed by atoms with Crippen molar-refractivity contribution >= 4 is 5.95 Å². The Hall–Kier alpha value is -1.07. The summed E-state index contributed by atoms with van der Waals surface area (Å²) in [4.78, 5) is 3.89. The minimum Gasteiger partial charge on any atom is -0.379 e. The monoisotopic (exact) mass is 183 g/mol. The average Bonchev–Trinajstić information content (AvgIpc) is 2.72. The van der Waals surface area contributed by atoms with Crippen molar-refractivity contribution in [3.63, 3.8) is 0 Å². The highest BCUT2D eigenvalue weighted by molar-refractivity contribution is 5.15. The van der Waals surface area contributed by atoms with Crippen LogP contribution in [0.25, 0.3) is 0 Å². The van der Waals surface area contributed by atoms with E-state index in [9.17, 15) is 0 Å². The van der Waals surface area contributed by atoms with Crippen LogP contribution < -0.4 is 5.73 Å². The third kappa shape index (κ3) is 1.99. The van der Waals surface area contributed by atoms with Crippen LogP contribution in [-0.4, -0.2) is 28.9 Å². The van der Waals surface area contributed by atoms with Gasteiger partial charge in [-0.05, 0) is 6.42 Å². The predicted octanol–water partition coefficient (Wildman–Crippen LogP) is 0.228. The van der Waals surface area contributed by atoms with Crippen LogP contribution in [0.3, 0.4) is 0 Å². The molecule has 5 heteroatoms. The fourth-order valence-corrected chi connectivity index (χ4v) is 1.28. The number of hydrogen-bond acceptors (Lipinski definition) is 4. The Morgan fingerprint density at radius 3 is 3.31 bits per heavy atom. The second kappa shape index (κ2) is 3.76. The molecule has 2 rings (SSSR count). The quantitative estimate of drug-likeness (QED) is 0.728. The second-order valence-electron chi connectivity index (χ2n) is 3.04. The molecule has 1 aromatic heterocycles. The van der Waals surface area contributed by atoms with E-state index in [-0.39, 0.29) is 6.10 Å². The first kappa shape index (κ1) is 8.52. The maximum Gasteiger partial charge on any atom is 0.202 e. The first-order valence-corrected chi connectivity index (χ1v) is 4.32. The van der Waals surface area contributed by atoms with Crippen molar-refractivity contribution in [3.8, 4) is 0 Å². The minimum atomic E-state index is 0.210. The summed E-state index contributed by atoms with van der Waals surface area (Å²) in [5.74, 6) is 0.485. The van der Waals surface area contributed by atoms with E-state index in [1.165, 1.54) is 0 Å². The van der Waals surface area contributed by atoms with Gasteiger partial charge in [-0.25, -0.2) is 4.98 Å². The lowest BCUT2D eigenvalue weighted by Gasteiger charge is -2.10. The Morgan fingerprint density at radius 1 is 1.77 bits per heavy atom. The molecular formula is C8H13N3O2. The van der Waals surface area contributed by atoms with E-state index in [4.69, 9.17) is 15.2 Å². The first-order valence-electron chi connectivity index (χ1n) is 4.32. The number of hydrogen-bond donors (Lipinski definition) is 1. The molecule has 0 spiro atoms. The van der Waals surface area contributed by atoms with Gasteiger partial charge in [-0.3, -0.25) is 4.57 Å². The highest BCUT2D eigenvalue weighted by Gasteiger charge is 2.15. The van der Waals surface area contributed by atoms with Crippen LogP contribution >= 0.6 is 0 Å². The Bertz CT molecular complexity index is 268. The summed E-state index contributed by atoms with van der Waals surface area (Å²) in [6, 6.07) is 0. The lowest BCUT2D eigenvalue weighted by Crippen LogP contribution is -2.15. The summed E-state index contributed by atoms with van der Waals surface area (Å²) in [6.45, 7) is 1.94. The lowest BCUT2D eigenvalue weighted by atomic mass is 10.3. The van der Waals surface area contributed by atoms with Gasteiger partial charge >= 0.3 is 0 Å². The summed E-state index contributed by atoms with van der Waals surface area (Å²) in [5.41, 5.74) is 5.57. The largest absolute Gasteiger partial charge is 0.379 e. The third-order valence-corrected chi connectivity index (χ3v) is 2.08. The van der Waals surface area contributed by atoms with Gasteiger partial charge in [-0.2, -0.15) is 0 Å². The zero-order valence-electron chi connectivity index (χ0n) is 7.35. The van der Waals surface area contributed by atoms with Gasteiger partial charge in [0.1, 0.15) is 6.73 Å². The third-order valence-electron chi connectivity index (χ3n) is 2.08. The van der Waals surface area contributed by atoms with Gasteiger partial charge in [0.25, 0.3) is 0 Å². The van der Waals surface area contributed by atoms with Crippen molar-refractivity contribution in [1.82, 2.24) is 9.55 Å². The van der Waals surface area contributed by atoms with Crippen molar-refractivity contribution in [3.05, 3.63) is 12.4 Å². The summed E-state index contributed by atoms with van der Waals surface area (Å²) in [7, 11) is 0. The molecule has 0 aromatic carbocycles. The molecule has 1 aromatic rings. The Labute approximate surface area is 76.5 Å². The van der Waals surface area contributed by atoms with E-state index in [0.29, 0.717) is 19.3 Å². The number of nitrogen functional groups attached to an aromatic ring is 1. The molecule has 1 atom stereocenters. The van der Waals surface area contributed by atoms with Crippen LogP contribution in [0.1, 0.15) is 6.42 Å². The molecule has 1 saturated heterocycles. The normalized spacial score (nSPS) is 22.3. The molecule has 1 aliphatic heterocycles. The van der Waals surface area contributed by atoms with Crippen LogP contribution in [-0.2, 0) is 16.2 Å². The molecule has 13 heavy (non-hydrogen) atoms. The number of nitrogens with zero attached hydrogens (tertiary/aromatic N) is 2. The molecule has 0 amide bonds. The van der Waals surface area contributed by atoms with Gasteiger partial charge in [0, 0.05) is 19.0 Å². The molecule has 5 nitrogen and oxygen atoms in total. The number of rotatable bonds is 3. The van der Waals surface area contributed by atoms with Crippen molar-refractivity contribution in [1.29, 1.82) is 0 Å². The van der Waals surface area contributed by atoms with Crippen molar-refractivity contribution < 1.29 is 9.47 Å². The zero-order chi connectivity index (χ0) is 9.10. The van der Waals surface area contributed by atoms with Gasteiger partial charge < -0.3 is 15.2 Å². The number of anilines is 1. The van der Waals surface area contributed by atoms with E-state index in [1.807, 2.05) is 0 Å². The molecule has 1 aliphatic rings. The smallest absolute Gasteiger partial charge is 0.202 e. The molecule has 1 fully saturated rings. The van der Waals surface area contributed by atoms with E-state index in [2.05, 4.69) is 4.98 Å². The highest BCUT2D eigenvalue weighted by atomic mass is 16.5. The Kier molecular flexibility index (Phi) is 2.47. The van der Waals surface area contributed by atoms with E-state index in [1.54, 1.807) is 17.0 Å². The molecule has 0 radical (unpaired) electrons. The van der Waals surface area contributed by atoms with E-state index in [0.717, 1.165) is 13.0 Å². The standard InChI is InChI=1S/C8H13N3O2/c9-8-10-2-3-11(8)6-13-7-1-4-12-5-7/h2-3,7H,1,4-6H2,(H2,9,10). The summed E-state index contributed by atoms with van der Waals surface area (Å²) in [5, 5.41) is 0. The van der Waals surface area contributed by atoms with E-state index >= 15 is 0 Å². The highest BCUT2D eigenvalue weighted by Crippen LogP contribution is 2.09. The Balaban J connectivity index is 1.82. The molecule has 72 valence electrons. The van der Waals surface area contributed by atoms with Crippen molar-refractivity contribution in [2.24, 2.45) is 0 Å². The molecule has 0 bridgehead atoms. The van der Waals surface area contributed by atoms with Crippen LogP contribution in [0.15, 0.2) is 12.4 Å². The second-order valence-corrected chi connectivity index (χ2v) is 3.04. The number of nitrogens with two attached hydrogens (primary N) is 1. The van der Waals surface area contributed by atoms with Crippen LogP contribution in [0.5, 0.6) is 0 Å². The number of aromatic nitrogens is 2. The minimum absolute atomic E-state index is 0.210. The van der Waals surface area contributed by atoms with Gasteiger partial charge in [-0.1, -0.05) is 0 Å². The fourth-order valence-electron chi connectivity index (χ4n) is 1.28. The van der Waals surface area contributed by atoms with Gasteiger partial charge in [0.2, 0.25) is 5.95 Å². The summed E-state index contributed by atoms with van der Waals surface area (Å²) < 4.78 is 12.5. The van der Waals surface area contributed by atoms with Crippen molar-refractivity contribution in [2.45, 2.75) is 19.3 Å². The fraction of sp³-hybridized carbons (Fsp3) is 0.625. The number of ether oxygens (including phenoxy) is 2. The summed E-state index contributed by atoms with van der Waals surface area (Å²) in [6.07, 6.45) is 4.63. The molecule has 0 aliphatic carbocycles. The van der Waals surface area contributed by atoms with Gasteiger partial charge in [-0.15, -0.1) is 0 Å². The topological polar surface area (TPSA) is 62.3 Å². The molecule has 0 saturated carbocycles. The molecular weight excluding hydrogens is 170 g/mol. The van der Waals surface area contributed by atoms with Gasteiger partial charge in [0.05, 0.1) is 12.7 Å².